The number of hydrogen-bond acceptors (Lipinski definition) is 5. The first-order valence-electron chi connectivity index (χ1n) is 9.96. The Kier molecular flexibility index (Phi) is 3.52. The molecule has 2 saturated heterocycles. The Morgan fingerprint density at radius 3 is 2.83 bits per heavy atom. The van der Waals surface area contributed by atoms with E-state index >= 15 is 0 Å². The van der Waals surface area contributed by atoms with E-state index in [0.717, 1.165) is 53.9 Å². The SMILES string of the molecule is CN1CC2CCC(C1)N2C(=O)c1cnc2[nH]cc(-c3ccc4nccn4n3)c2c1. The standard InChI is InChI=1S/C21H21N7O/c1-26-11-14-2-3-15(12-26)28(14)21(29)13-8-16-17(10-24-20(16)23-9-13)18-4-5-19-22-6-7-27(19)25-18/h4-10,14-15H,2-3,11-12H2,1H3,(H,23,24). The van der Waals surface area contributed by atoms with Crippen LogP contribution in [0, 0.1) is 0 Å². The topological polar surface area (TPSA) is 82.4 Å². The molecule has 6 heterocycles. The minimum atomic E-state index is 0.0881. The van der Waals surface area contributed by atoms with Crippen LogP contribution in [0.1, 0.15) is 23.2 Å². The van der Waals surface area contributed by atoms with Gasteiger partial charge in [-0.3, -0.25) is 4.79 Å². The Hall–Kier alpha value is -3.26. The van der Waals surface area contributed by atoms with Crippen LogP contribution in [0.5, 0.6) is 0 Å². The van der Waals surface area contributed by atoms with E-state index in [2.05, 4.69) is 36.9 Å². The zero-order chi connectivity index (χ0) is 19.5. The first kappa shape index (κ1) is 16.7. The number of aromatic amines is 1. The Morgan fingerprint density at radius 2 is 2.00 bits per heavy atom. The molecule has 0 aliphatic carbocycles. The molecule has 0 aromatic carbocycles. The summed E-state index contributed by atoms with van der Waals surface area (Å²) in [5.74, 6) is 0.0881. The molecule has 0 radical (unpaired) electrons. The lowest BCUT2D eigenvalue weighted by Gasteiger charge is -2.39. The summed E-state index contributed by atoms with van der Waals surface area (Å²) in [7, 11) is 2.14. The second-order valence-electron chi connectivity index (χ2n) is 8.09. The fraction of sp³-hybridized carbons (Fsp3) is 0.333. The van der Waals surface area contributed by atoms with Crippen LogP contribution < -0.4 is 0 Å². The van der Waals surface area contributed by atoms with Gasteiger partial charge in [0.05, 0.1) is 11.3 Å². The molecule has 0 spiro atoms. The number of rotatable bonds is 2. The fourth-order valence-electron chi connectivity index (χ4n) is 4.89. The zero-order valence-electron chi connectivity index (χ0n) is 16.1. The zero-order valence-corrected chi connectivity index (χ0v) is 16.1. The van der Waals surface area contributed by atoms with Crippen molar-refractivity contribution in [3.8, 4) is 11.3 Å². The highest BCUT2D eigenvalue weighted by Gasteiger charge is 2.41. The van der Waals surface area contributed by atoms with E-state index in [-0.39, 0.29) is 5.91 Å². The van der Waals surface area contributed by atoms with Gasteiger partial charge in [0.2, 0.25) is 0 Å². The first-order chi connectivity index (χ1) is 14.2. The molecule has 1 N–H and O–H groups in total. The van der Waals surface area contributed by atoms with Crippen LogP contribution in [-0.2, 0) is 0 Å². The Balaban J connectivity index is 1.40. The molecule has 2 fully saturated rings. The van der Waals surface area contributed by atoms with Crippen LogP contribution in [0.4, 0.5) is 0 Å². The summed E-state index contributed by atoms with van der Waals surface area (Å²) in [6.45, 7) is 1.89. The molecule has 4 aromatic rings. The van der Waals surface area contributed by atoms with Gasteiger partial charge in [-0.2, -0.15) is 5.10 Å². The first-order valence-corrected chi connectivity index (χ1v) is 9.96. The van der Waals surface area contributed by atoms with Crippen molar-refractivity contribution >= 4 is 22.6 Å². The van der Waals surface area contributed by atoms with Gasteiger partial charge in [-0.15, -0.1) is 0 Å². The lowest BCUT2D eigenvalue weighted by molar-refractivity contribution is 0.0472. The molecule has 29 heavy (non-hydrogen) atoms. The van der Waals surface area contributed by atoms with Crippen molar-refractivity contribution in [3.63, 3.8) is 0 Å². The van der Waals surface area contributed by atoms with E-state index in [4.69, 9.17) is 0 Å². The number of pyridine rings is 1. The number of piperazine rings is 1. The lowest BCUT2D eigenvalue weighted by Crippen LogP contribution is -2.54. The molecule has 2 atom stereocenters. The summed E-state index contributed by atoms with van der Waals surface area (Å²) in [6, 6.07) is 6.44. The van der Waals surface area contributed by atoms with Gasteiger partial charge in [0.1, 0.15) is 5.65 Å². The Labute approximate surface area is 167 Å². The maximum absolute atomic E-state index is 13.3. The molecule has 8 heteroatoms. The monoisotopic (exact) mass is 387 g/mol. The number of carbonyl (C=O) groups is 1. The molecule has 4 aromatic heterocycles. The van der Waals surface area contributed by atoms with Crippen LogP contribution in [0.15, 0.2) is 43.0 Å². The number of aromatic nitrogens is 5. The molecule has 2 unspecified atom stereocenters. The molecular formula is C21H21N7O. The number of hydrogen-bond donors (Lipinski definition) is 1. The maximum atomic E-state index is 13.3. The van der Waals surface area contributed by atoms with E-state index < -0.39 is 0 Å². The van der Waals surface area contributed by atoms with E-state index in [1.807, 2.05) is 30.6 Å². The molecule has 2 bridgehead atoms. The molecule has 146 valence electrons. The third-order valence-corrected chi connectivity index (χ3v) is 6.21. The number of nitrogens with one attached hydrogen (secondary N) is 1. The van der Waals surface area contributed by atoms with Gasteiger partial charge in [-0.25, -0.2) is 14.5 Å². The number of likely N-dealkylation sites (N-methyl/N-ethyl adjacent to an activating group) is 1. The molecule has 0 saturated carbocycles. The van der Waals surface area contributed by atoms with E-state index in [1.54, 1.807) is 16.9 Å². The van der Waals surface area contributed by atoms with Crippen molar-refractivity contribution in [2.24, 2.45) is 0 Å². The summed E-state index contributed by atoms with van der Waals surface area (Å²) in [5, 5.41) is 5.55. The van der Waals surface area contributed by atoms with Gasteiger partial charge in [0.15, 0.2) is 5.65 Å². The quantitative estimate of drug-likeness (QED) is 0.570. The predicted octanol–water partition coefficient (Wildman–Crippen LogP) is 2.19. The summed E-state index contributed by atoms with van der Waals surface area (Å²) >= 11 is 0. The number of imidazole rings is 1. The number of carbonyl (C=O) groups excluding carboxylic acids is 1. The van der Waals surface area contributed by atoms with Crippen LogP contribution in [0.25, 0.3) is 27.9 Å². The average molecular weight is 387 g/mol. The number of likely N-dealkylation sites (tertiary alicyclic amines) is 1. The van der Waals surface area contributed by atoms with Gasteiger partial charge < -0.3 is 14.8 Å². The van der Waals surface area contributed by atoms with Crippen molar-refractivity contribution in [2.45, 2.75) is 24.9 Å². The van der Waals surface area contributed by atoms with Gasteiger partial charge in [-0.05, 0) is 38.1 Å². The van der Waals surface area contributed by atoms with Gasteiger partial charge in [0.25, 0.3) is 5.91 Å². The van der Waals surface area contributed by atoms with Crippen molar-refractivity contribution in [3.05, 3.63) is 48.5 Å². The molecular weight excluding hydrogens is 366 g/mol. The number of H-pyrrole nitrogens is 1. The van der Waals surface area contributed by atoms with Crippen LogP contribution in [-0.4, -0.2) is 72.5 Å². The maximum Gasteiger partial charge on any atom is 0.256 e. The third kappa shape index (κ3) is 2.56. The van der Waals surface area contributed by atoms with Crippen molar-refractivity contribution in [2.75, 3.05) is 20.1 Å². The molecule has 2 aliphatic rings. The minimum absolute atomic E-state index is 0.0881. The van der Waals surface area contributed by atoms with Crippen LogP contribution >= 0.6 is 0 Å². The molecule has 8 nitrogen and oxygen atoms in total. The van der Waals surface area contributed by atoms with Gasteiger partial charge in [-0.1, -0.05) is 0 Å². The third-order valence-electron chi connectivity index (χ3n) is 6.21. The van der Waals surface area contributed by atoms with Crippen LogP contribution in [0.2, 0.25) is 0 Å². The van der Waals surface area contributed by atoms with Gasteiger partial charge in [0, 0.05) is 60.9 Å². The van der Waals surface area contributed by atoms with Crippen LogP contribution in [0.3, 0.4) is 0 Å². The second kappa shape index (κ2) is 6.12. The van der Waals surface area contributed by atoms with E-state index in [1.165, 1.54) is 0 Å². The smallest absolute Gasteiger partial charge is 0.256 e. The Morgan fingerprint density at radius 1 is 1.17 bits per heavy atom. The lowest BCUT2D eigenvalue weighted by atomic mass is 10.1. The highest BCUT2D eigenvalue weighted by Crippen LogP contribution is 2.32. The van der Waals surface area contributed by atoms with E-state index in [0.29, 0.717) is 17.6 Å². The van der Waals surface area contributed by atoms with Crippen molar-refractivity contribution < 1.29 is 4.79 Å². The summed E-state index contributed by atoms with van der Waals surface area (Å²) in [6.07, 6.45) is 9.31. The summed E-state index contributed by atoms with van der Waals surface area (Å²) < 4.78 is 1.75. The number of fused-ring (bicyclic) bond motifs is 4. The van der Waals surface area contributed by atoms with Gasteiger partial charge >= 0.3 is 0 Å². The highest BCUT2D eigenvalue weighted by atomic mass is 16.2. The fourth-order valence-corrected chi connectivity index (χ4v) is 4.89. The molecule has 6 rings (SSSR count). The summed E-state index contributed by atoms with van der Waals surface area (Å²) in [4.78, 5) is 29.7. The Bertz CT molecular complexity index is 1230. The largest absolute Gasteiger partial charge is 0.345 e. The minimum Gasteiger partial charge on any atom is -0.345 e. The molecule has 1 amide bonds. The van der Waals surface area contributed by atoms with E-state index in [9.17, 15) is 4.79 Å². The normalized spacial score (nSPS) is 22.0. The highest BCUT2D eigenvalue weighted by molar-refractivity contribution is 6.01. The predicted molar refractivity (Wildman–Crippen MR) is 109 cm³/mol. The second-order valence-corrected chi connectivity index (χ2v) is 8.09. The number of amides is 1. The number of nitrogens with zero attached hydrogens (tertiary/aromatic N) is 6. The van der Waals surface area contributed by atoms with Crippen molar-refractivity contribution in [1.82, 2.24) is 34.4 Å². The average Bonchev–Trinajstić information content (AvgIpc) is 3.42. The summed E-state index contributed by atoms with van der Waals surface area (Å²) in [5.41, 5.74) is 3.94. The molecule has 2 aliphatic heterocycles. The van der Waals surface area contributed by atoms with Crippen molar-refractivity contribution in [1.29, 1.82) is 0 Å².